The van der Waals surface area contributed by atoms with Gasteiger partial charge in [-0.05, 0) is 19.8 Å². The number of carbonyl (C=O) groups excluding carboxylic acids is 2. The van der Waals surface area contributed by atoms with Gasteiger partial charge < -0.3 is 15.1 Å². The van der Waals surface area contributed by atoms with Gasteiger partial charge >= 0.3 is 6.03 Å². The first-order chi connectivity index (χ1) is 10.1. The van der Waals surface area contributed by atoms with Crippen molar-refractivity contribution in [3.8, 4) is 0 Å². The molecule has 114 valence electrons. The molecule has 2 aliphatic heterocycles. The van der Waals surface area contributed by atoms with Crippen LogP contribution < -0.4 is 5.32 Å². The second kappa shape index (κ2) is 6.01. The molecular formula is C14H20N4O2S. The number of thiazole rings is 1. The van der Waals surface area contributed by atoms with Crippen LogP contribution >= 0.6 is 11.3 Å². The average molecular weight is 308 g/mol. The van der Waals surface area contributed by atoms with Gasteiger partial charge in [-0.25, -0.2) is 9.78 Å². The minimum absolute atomic E-state index is 0.00410. The molecular weight excluding hydrogens is 288 g/mol. The maximum atomic E-state index is 12.4. The number of amides is 3. The summed E-state index contributed by atoms with van der Waals surface area (Å²) in [7, 11) is 0. The van der Waals surface area contributed by atoms with Crippen LogP contribution in [0, 0.1) is 6.92 Å². The lowest BCUT2D eigenvalue weighted by Gasteiger charge is -2.37. The van der Waals surface area contributed by atoms with Crippen molar-refractivity contribution in [3.05, 3.63) is 16.1 Å². The van der Waals surface area contributed by atoms with Crippen LogP contribution in [0.2, 0.25) is 0 Å². The van der Waals surface area contributed by atoms with Gasteiger partial charge in [-0.2, -0.15) is 0 Å². The van der Waals surface area contributed by atoms with E-state index >= 15 is 0 Å². The predicted molar refractivity (Wildman–Crippen MR) is 80.3 cm³/mol. The fraction of sp³-hybridized carbons (Fsp3) is 0.643. The number of nitrogens with one attached hydrogen (secondary N) is 1. The Balaban J connectivity index is 1.60. The van der Waals surface area contributed by atoms with Crippen molar-refractivity contribution in [1.29, 1.82) is 0 Å². The molecule has 3 heterocycles. The van der Waals surface area contributed by atoms with E-state index in [0.717, 1.165) is 36.6 Å². The van der Waals surface area contributed by atoms with Crippen molar-refractivity contribution in [3.63, 3.8) is 0 Å². The summed E-state index contributed by atoms with van der Waals surface area (Å²) in [6.45, 7) is 4.84. The zero-order chi connectivity index (χ0) is 14.8. The normalized spacial score (nSPS) is 22.5. The molecule has 2 fully saturated rings. The quantitative estimate of drug-likeness (QED) is 0.906. The monoisotopic (exact) mass is 308 g/mol. The highest BCUT2D eigenvalue weighted by Crippen LogP contribution is 2.19. The third-order valence-corrected chi connectivity index (χ3v) is 4.90. The van der Waals surface area contributed by atoms with Gasteiger partial charge in [0.15, 0.2) is 0 Å². The van der Waals surface area contributed by atoms with Crippen molar-refractivity contribution in [2.45, 2.75) is 32.2 Å². The molecule has 1 aromatic rings. The number of aromatic nitrogens is 1. The molecule has 21 heavy (non-hydrogen) atoms. The smallest absolute Gasteiger partial charge is 0.317 e. The molecule has 7 heteroatoms. The molecule has 0 spiro atoms. The van der Waals surface area contributed by atoms with E-state index < -0.39 is 0 Å². The number of piperidine rings is 1. The van der Waals surface area contributed by atoms with Crippen molar-refractivity contribution < 1.29 is 9.59 Å². The van der Waals surface area contributed by atoms with E-state index in [-0.39, 0.29) is 18.0 Å². The highest BCUT2D eigenvalue weighted by molar-refractivity contribution is 7.09. The molecule has 1 unspecified atom stereocenters. The van der Waals surface area contributed by atoms with E-state index in [1.54, 1.807) is 11.3 Å². The Morgan fingerprint density at radius 2 is 2.38 bits per heavy atom. The summed E-state index contributed by atoms with van der Waals surface area (Å²) in [6.07, 6.45) is 2.30. The Morgan fingerprint density at radius 3 is 3.05 bits per heavy atom. The summed E-state index contributed by atoms with van der Waals surface area (Å²) >= 11 is 1.57. The van der Waals surface area contributed by atoms with Crippen LogP contribution in [0.25, 0.3) is 0 Å². The molecule has 0 saturated carbocycles. The first kappa shape index (κ1) is 14.3. The number of nitrogens with zero attached hydrogens (tertiary/aromatic N) is 3. The van der Waals surface area contributed by atoms with E-state index in [1.165, 1.54) is 0 Å². The fourth-order valence-electron chi connectivity index (χ4n) is 3.03. The summed E-state index contributed by atoms with van der Waals surface area (Å²) in [5.74, 6) is 0.115. The number of aryl methyl sites for hydroxylation is 1. The number of likely N-dealkylation sites (tertiary alicyclic amines) is 1. The summed E-state index contributed by atoms with van der Waals surface area (Å²) in [4.78, 5) is 32.2. The Kier molecular flexibility index (Phi) is 4.10. The zero-order valence-electron chi connectivity index (χ0n) is 12.2. The number of rotatable bonds is 3. The number of hydrogen-bond acceptors (Lipinski definition) is 4. The Hall–Kier alpha value is -1.63. The summed E-state index contributed by atoms with van der Waals surface area (Å²) in [5, 5.41) is 5.76. The lowest BCUT2D eigenvalue weighted by atomic mass is 10.0. The standard InChI is InChI=1S/C14H20N4O2S/c1-10-16-11(9-21-10)7-13(19)17-5-2-3-12(8-17)18-6-4-15-14(18)20/h9,12H,2-8H2,1H3,(H,15,20). The van der Waals surface area contributed by atoms with Gasteiger partial charge in [0.2, 0.25) is 5.91 Å². The summed E-state index contributed by atoms with van der Waals surface area (Å²) < 4.78 is 0. The molecule has 6 nitrogen and oxygen atoms in total. The maximum absolute atomic E-state index is 12.4. The second-order valence-electron chi connectivity index (χ2n) is 5.60. The Labute approximate surface area is 128 Å². The molecule has 3 rings (SSSR count). The third-order valence-electron chi connectivity index (χ3n) is 4.08. The average Bonchev–Trinajstić information content (AvgIpc) is 3.07. The lowest BCUT2D eigenvalue weighted by molar-refractivity contribution is -0.132. The molecule has 1 N–H and O–H groups in total. The molecule has 0 aliphatic carbocycles. The summed E-state index contributed by atoms with van der Waals surface area (Å²) in [6, 6.07) is 0.159. The fourth-order valence-corrected chi connectivity index (χ4v) is 3.64. The topological polar surface area (TPSA) is 65.5 Å². The van der Waals surface area contributed by atoms with E-state index in [1.807, 2.05) is 22.1 Å². The van der Waals surface area contributed by atoms with Crippen LogP contribution in [0.3, 0.4) is 0 Å². The van der Waals surface area contributed by atoms with Gasteiger partial charge in [0.1, 0.15) is 0 Å². The molecule has 0 aromatic carbocycles. The molecule has 1 aromatic heterocycles. The number of carbonyl (C=O) groups is 2. The van der Waals surface area contributed by atoms with Crippen molar-refractivity contribution in [1.82, 2.24) is 20.1 Å². The molecule has 1 atom stereocenters. The second-order valence-corrected chi connectivity index (χ2v) is 6.66. The van der Waals surface area contributed by atoms with Gasteiger partial charge in [-0.3, -0.25) is 4.79 Å². The Morgan fingerprint density at radius 1 is 1.52 bits per heavy atom. The van der Waals surface area contributed by atoms with Crippen molar-refractivity contribution in [2.24, 2.45) is 0 Å². The van der Waals surface area contributed by atoms with Crippen LogP contribution in [0.15, 0.2) is 5.38 Å². The van der Waals surface area contributed by atoms with Crippen LogP contribution in [0.4, 0.5) is 4.79 Å². The largest absolute Gasteiger partial charge is 0.340 e. The van der Waals surface area contributed by atoms with Crippen LogP contribution in [-0.4, -0.2) is 58.9 Å². The van der Waals surface area contributed by atoms with Gasteiger partial charge in [0, 0.05) is 31.6 Å². The molecule has 0 bridgehead atoms. The van der Waals surface area contributed by atoms with E-state index in [0.29, 0.717) is 19.5 Å². The van der Waals surface area contributed by atoms with E-state index in [9.17, 15) is 9.59 Å². The van der Waals surface area contributed by atoms with E-state index in [4.69, 9.17) is 0 Å². The highest BCUT2D eigenvalue weighted by atomic mass is 32.1. The Bertz CT molecular complexity index is 545. The van der Waals surface area contributed by atoms with E-state index in [2.05, 4.69) is 10.3 Å². The third kappa shape index (κ3) is 3.18. The minimum atomic E-state index is 0.00410. The lowest BCUT2D eigenvalue weighted by Crippen LogP contribution is -2.51. The minimum Gasteiger partial charge on any atom is -0.340 e. The van der Waals surface area contributed by atoms with Crippen molar-refractivity contribution in [2.75, 3.05) is 26.2 Å². The maximum Gasteiger partial charge on any atom is 0.317 e. The van der Waals surface area contributed by atoms with Crippen LogP contribution in [0.5, 0.6) is 0 Å². The summed E-state index contributed by atoms with van der Waals surface area (Å²) in [5.41, 5.74) is 0.850. The first-order valence-electron chi connectivity index (χ1n) is 7.37. The molecule has 2 saturated heterocycles. The molecule has 0 radical (unpaired) electrons. The molecule has 3 amide bonds. The van der Waals surface area contributed by atoms with Crippen LogP contribution in [0.1, 0.15) is 23.5 Å². The SMILES string of the molecule is Cc1nc(CC(=O)N2CCCC(N3CCNC3=O)C2)cs1. The van der Waals surface area contributed by atoms with Crippen LogP contribution in [-0.2, 0) is 11.2 Å². The molecule has 2 aliphatic rings. The zero-order valence-corrected chi connectivity index (χ0v) is 13.0. The van der Waals surface area contributed by atoms with Gasteiger partial charge in [-0.15, -0.1) is 11.3 Å². The predicted octanol–water partition coefficient (Wildman–Crippen LogP) is 1.01. The first-order valence-corrected chi connectivity index (χ1v) is 8.24. The van der Waals surface area contributed by atoms with Gasteiger partial charge in [0.05, 0.1) is 23.2 Å². The van der Waals surface area contributed by atoms with Crippen molar-refractivity contribution >= 4 is 23.3 Å². The number of urea groups is 1. The van der Waals surface area contributed by atoms with Gasteiger partial charge in [0.25, 0.3) is 0 Å². The number of hydrogen-bond donors (Lipinski definition) is 1. The highest BCUT2D eigenvalue weighted by Gasteiger charge is 2.32. The van der Waals surface area contributed by atoms with Gasteiger partial charge in [-0.1, -0.05) is 0 Å².